The van der Waals surface area contributed by atoms with Crippen LogP contribution < -0.4 is 0 Å². The highest BCUT2D eigenvalue weighted by Gasteiger charge is 2.18. The zero-order valence-electron chi connectivity index (χ0n) is 19.0. The van der Waals surface area contributed by atoms with Crippen molar-refractivity contribution >= 4 is 11.0 Å². The van der Waals surface area contributed by atoms with Crippen molar-refractivity contribution in [3.05, 3.63) is 46.9 Å². The lowest BCUT2D eigenvalue weighted by Crippen LogP contribution is -2.10. The van der Waals surface area contributed by atoms with Gasteiger partial charge in [-0.05, 0) is 61.9 Å². The van der Waals surface area contributed by atoms with E-state index in [1.807, 2.05) is 0 Å². The maximum Gasteiger partial charge on any atom is 0.0917 e. The first kappa shape index (κ1) is 21.5. The molecule has 0 radical (unpaired) electrons. The lowest BCUT2D eigenvalue weighted by atomic mass is 9.98. The second kappa shape index (κ2) is 9.08. The van der Waals surface area contributed by atoms with Gasteiger partial charge < -0.3 is 9.30 Å². The largest absolute Gasteiger partial charge is 0.383 e. The zero-order valence-corrected chi connectivity index (χ0v) is 19.0. The topological polar surface area (TPSA) is 39.9 Å². The van der Waals surface area contributed by atoms with E-state index in [4.69, 9.17) is 14.7 Å². The van der Waals surface area contributed by atoms with Crippen molar-refractivity contribution < 1.29 is 4.74 Å². The first-order valence-corrected chi connectivity index (χ1v) is 10.9. The van der Waals surface area contributed by atoms with Crippen LogP contribution in [0.2, 0.25) is 0 Å². The van der Waals surface area contributed by atoms with Gasteiger partial charge in [-0.2, -0.15) is 0 Å². The highest BCUT2D eigenvalue weighted by Crippen LogP contribution is 2.32. The Balaban J connectivity index is 2.21. The minimum Gasteiger partial charge on any atom is -0.383 e. The van der Waals surface area contributed by atoms with Crippen molar-refractivity contribution in [2.75, 3.05) is 13.7 Å². The standard InChI is InChI=1S/C25H35N3O/c1-8-10-22-20(11-12-21(26-22)16(3)4)25-19(9-2)13-23-24(27-25)17(5)14-28(23)18(6)15-29-7/h11-14,16,18H,8-10,15H2,1-7H3/t18-/m0/s1. The van der Waals surface area contributed by atoms with Crippen LogP contribution in [-0.2, 0) is 17.6 Å². The summed E-state index contributed by atoms with van der Waals surface area (Å²) in [6.07, 6.45) is 5.20. The number of fused-ring (bicyclic) bond motifs is 1. The Hall–Kier alpha value is -2.20. The number of methoxy groups -OCH3 is 1. The van der Waals surface area contributed by atoms with Crippen molar-refractivity contribution in [2.24, 2.45) is 0 Å². The molecule has 0 bridgehead atoms. The molecule has 3 aromatic rings. The number of aromatic nitrogens is 3. The summed E-state index contributed by atoms with van der Waals surface area (Å²) in [5.41, 5.74) is 9.36. The second-order valence-corrected chi connectivity index (χ2v) is 8.38. The fraction of sp³-hybridized carbons (Fsp3) is 0.520. The summed E-state index contributed by atoms with van der Waals surface area (Å²) >= 11 is 0. The Morgan fingerprint density at radius 1 is 1.10 bits per heavy atom. The van der Waals surface area contributed by atoms with Crippen LogP contribution in [-0.4, -0.2) is 28.3 Å². The first-order valence-electron chi connectivity index (χ1n) is 10.9. The number of ether oxygens (including phenoxy) is 1. The summed E-state index contributed by atoms with van der Waals surface area (Å²) in [5.74, 6) is 0.430. The van der Waals surface area contributed by atoms with Crippen molar-refractivity contribution in [3.63, 3.8) is 0 Å². The van der Waals surface area contributed by atoms with Crippen LogP contribution in [0.5, 0.6) is 0 Å². The van der Waals surface area contributed by atoms with Gasteiger partial charge in [0.25, 0.3) is 0 Å². The molecule has 0 fully saturated rings. The van der Waals surface area contributed by atoms with Gasteiger partial charge in [0, 0.05) is 24.6 Å². The highest BCUT2D eigenvalue weighted by molar-refractivity contribution is 5.84. The maximum absolute atomic E-state index is 5.39. The Kier molecular flexibility index (Phi) is 6.74. The lowest BCUT2D eigenvalue weighted by molar-refractivity contribution is 0.164. The predicted molar refractivity (Wildman–Crippen MR) is 122 cm³/mol. The monoisotopic (exact) mass is 393 g/mol. The normalized spacial score (nSPS) is 12.8. The third kappa shape index (κ3) is 4.23. The summed E-state index contributed by atoms with van der Waals surface area (Å²) in [6, 6.07) is 7.00. The molecule has 4 nitrogen and oxygen atoms in total. The molecule has 0 aliphatic rings. The minimum absolute atomic E-state index is 0.274. The quantitative estimate of drug-likeness (QED) is 0.454. The molecule has 0 spiro atoms. The van der Waals surface area contributed by atoms with E-state index in [1.165, 1.54) is 27.9 Å². The Morgan fingerprint density at radius 3 is 2.48 bits per heavy atom. The van der Waals surface area contributed by atoms with Gasteiger partial charge in [0.1, 0.15) is 0 Å². The average molecular weight is 394 g/mol. The van der Waals surface area contributed by atoms with Crippen molar-refractivity contribution in [2.45, 2.75) is 72.8 Å². The zero-order chi connectivity index (χ0) is 21.1. The van der Waals surface area contributed by atoms with Crippen LogP contribution in [0.25, 0.3) is 22.3 Å². The Morgan fingerprint density at radius 2 is 1.86 bits per heavy atom. The smallest absolute Gasteiger partial charge is 0.0917 e. The van der Waals surface area contributed by atoms with Gasteiger partial charge in [0.05, 0.1) is 35.1 Å². The molecule has 0 aliphatic heterocycles. The summed E-state index contributed by atoms with van der Waals surface area (Å²) in [7, 11) is 1.76. The van der Waals surface area contributed by atoms with Gasteiger partial charge in [-0.1, -0.05) is 34.1 Å². The van der Waals surface area contributed by atoms with E-state index < -0.39 is 0 Å². The van der Waals surface area contributed by atoms with Gasteiger partial charge in [-0.25, -0.2) is 4.98 Å². The molecule has 1 atom stereocenters. The summed E-state index contributed by atoms with van der Waals surface area (Å²) in [4.78, 5) is 10.2. The average Bonchev–Trinajstić information content (AvgIpc) is 3.03. The van der Waals surface area contributed by atoms with E-state index in [1.54, 1.807) is 7.11 Å². The first-order chi connectivity index (χ1) is 13.9. The van der Waals surface area contributed by atoms with Crippen LogP contribution in [0.15, 0.2) is 24.4 Å². The van der Waals surface area contributed by atoms with E-state index in [2.05, 4.69) is 70.5 Å². The fourth-order valence-electron chi connectivity index (χ4n) is 4.04. The minimum atomic E-state index is 0.274. The predicted octanol–water partition coefficient (Wildman–Crippen LogP) is 6.25. The summed E-state index contributed by atoms with van der Waals surface area (Å²) in [6.45, 7) is 13.9. The molecule has 156 valence electrons. The molecule has 0 unspecified atom stereocenters. The number of hydrogen-bond acceptors (Lipinski definition) is 3. The Bertz CT molecular complexity index is 987. The molecule has 0 aliphatic carbocycles. The number of nitrogens with zero attached hydrogens (tertiary/aromatic N) is 3. The van der Waals surface area contributed by atoms with Crippen molar-refractivity contribution in [1.82, 2.24) is 14.5 Å². The van der Waals surface area contributed by atoms with Gasteiger partial charge in [-0.15, -0.1) is 0 Å². The third-order valence-corrected chi connectivity index (χ3v) is 5.66. The van der Waals surface area contributed by atoms with Gasteiger partial charge >= 0.3 is 0 Å². The van der Waals surface area contributed by atoms with E-state index in [0.29, 0.717) is 12.5 Å². The molecule has 0 saturated carbocycles. The molecule has 0 N–H and O–H groups in total. The number of hydrogen-bond donors (Lipinski definition) is 0. The third-order valence-electron chi connectivity index (χ3n) is 5.66. The van der Waals surface area contributed by atoms with Gasteiger partial charge in [-0.3, -0.25) is 4.98 Å². The van der Waals surface area contributed by atoms with E-state index in [9.17, 15) is 0 Å². The maximum atomic E-state index is 5.39. The Labute approximate surface area is 175 Å². The lowest BCUT2D eigenvalue weighted by Gasteiger charge is -2.17. The molecule has 0 saturated heterocycles. The summed E-state index contributed by atoms with van der Waals surface area (Å²) < 4.78 is 7.69. The van der Waals surface area contributed by atoms with Crippen LogP contribution in [0.4, 0.5) is 0 Å². The molecule has 3 heterocycles. The van der Waals surface area contributed by atoms with E-state index in [-0.39, 0.29) is 6.04 Å². The molecule has 3 aromatic heterocycles. The van der Waals surface area contributed by atoms with Crippen LogP contribution in [0.3, 0.4) is 0 Å². The van der Waals surface area contributed by atoms with Crippen LogP contribution >= 0.6 is 0 Å². The fourth-order valence-corrected chi connectivity index (χ4v) is 4.04. The summed E-state index contributed by atoms with van der Waals surface area (Å²) in [5, 5.41) is 0. The van der Waals surface area contributed by atoms with Crippen molar-refractivity contribution in [3.8, 4) is 11.3 Å². The second-order valence-electron chi connectivity index (χ2n) is 8.38. The molecule has 0 amide bonds. The SMILES string of the molecule is CCCc1nc(C(C)C)ccc1-c1nc2c(C)cn([C@@H](C)COC)c2cc1CC. The molecular weight excluding hydrogens is 358 g/mol. The highest BCUT2D eigenvalue weighted by atomic mass is 16.5. The van der Waals surface area contributed by atoms with Crippen LogP contribution in [0.1, 0.15) is 75.5 Å². The van der Waals surface area contributed by atoms with E-state index >= 15 is 0 Å². The van der Waals surface area contributed by atoms with Crippen LogP contribution in [0, 0.1) is 6.92 Å². The number of aryl methyl sites for hydroxylation is 3. The van der Waals surface area contributed by atoms with Crippen molar-refractivity contribution in [1.29, 1.82) is 0 Å². The number of rotatable bonds is 8. The molecule has 4 heteroatoms. The van der Waals surface area contributed by atoms with E-state index in [0.717, 1.165) is 36.2 Å². The van der Waals surface area contributed by atoms with Gasteiger partial charge in [0.2, 0.25) is 0 Å². The number of pyridine rings is 2. The molecule has 0 aromatic carbocycles. The van der Waals surface area contributed by atoms with Gasteiger partial charge in [0.15, 0.2) is 0 Å². The molecular formula is C25H35N3O. The molecule has 29 heavy (non-hydrogen) atoms. The molecule has 3 rings (SSSR count).